The Morgan fingerprint density at radius 1 is 0.535 bits per heavy atom. The van der Waals surface area contributed by atoms with Crippen LogP contribution < -0.4 is 10.9 Å². The van der Waals surface area contributed by atoms with E-state index in [1.807, 2.05) is 0 Å². The maximum absolute atomic E-state index is 12.1. The van der Waals surface area contributed by atoms with Gasteiger partial charge >= 0.3 is 0 Å². The third-order valence-corrected chi connectivity index (χ3v) is 6.12. The molecule has 4 aromatic rings. The Morgan fingerprint density at radius 2 is 0.860 bits per heavy atom. The van der Waals surface area contributed by atoms with Gasteiger partial charge < -0.3 is 15.7 Å². The number of fused-ring (bicyclic) bond motifs is 2. The predicted octanol–water partition coefficient (Wildman–Crippen LogP) is 2.19. The van der Waals surface area contributed by atoms with Crippen molar-refractivity contribution in [2.24, 2.45) is 0 Å². The molecule has 6 N–H and O–H groups in total. The van der Waals surface area contributed by atoms with Crippen molar-refractivity contribution in [1.29, 1.82) is 0 Å². The van der Waals surface area contributed by atoms with Crippen LogP contribution in [0.4, 0.5) is 0 Å². The van der Waals surface area contributed by atoms with Gasteiger partial charge in [-0.3, -0.25) is 29.1 Å². The van der Waals surface area contributed by atoms with Gasteiger partial charge in [0.2, 0.25) is 0 Å². The summed E-state index contributed by atoms with van der Waals surface area (Å²) in [4.78, 5) is 56.2. The van der Waals surface area contributed by atoms with Crippen LogP contribution in [-0.4, -0.2) is 59.3 Å². The van der Waals surface area contributed by atoms with Crippen molar-refractivity contribution < 1.29 is 34.9 Å². The molecular weight excluding hydrogens is 603 g/mol. The largest absolute Gasteiger partial charge is 0.508 e. The number of phenols is 2. The molecule has 4 amide bonds. The Morgan fingerprint density at radius 3 is 1.21 bits per heavy atom. The van der Waals surface area contributed by atoms with Gasteiger partial charge in [0.05, 0.1) is 22.3 Å². The number of aromatic hydroxyl groups is 2. The van der Waals surface area contributed by atoms with E-state index in [1.54, 1.807) is 49.1 Å². The third-order valence-electron chi connectivity index (χ3n) is 6.12. The molecule has 0 bridgehead atoms. The number of aromatic nitrogens is 2. The molecule has 2 aliphatic heterocycles. The number of amides is 4. The molecule has 43 heavy (non-hydrogen) atoms. The Balaban J connectivity index is 0.000000281. The zero-order chi connectivity index (χ0) is 28.2. The van der Waals surface area contributed by atoms with Crippen LogP contribution in [0.5, 0.6) is 11.5 Å². The molecule has 15 heteroatoms. The highest BCUT2D eigenvalue weighted by Crippen LogP contribution is 2.26. The molecule has 0 spiro atoms. The van der Waals surface area contributed by atoms with Gasteiger partial charge in [-0.1, -0.05) is 0 Å². The van der Waals surface area contributed by atoms with E-state index < -0.39 is 23.6 Å². The summed E-state index contributed by atoms with van der Waals surface area (Å²) in [5.74, 6) is -1.84. The summed E-state index contributed by atoms with van der Waals surface area (Å²) in [6.07, 6.45) is 6.55. The van der Waals surface area contributed by atoms with E-state index in [0.717, 1.165) is 21.1 Å². The first kappa shape index (κ1) is 34.3. The first-order chi connectivity index (χ1) is 19.3. The molecule has 4 heterocycles. The number of hydrogen-bond donors (Lipinski definition) is 4. The molecule has 224 valence electrons. The molecule has 6 rings (SSSR count). The summed E-state index contributed by atoms with van der Waals surface area (Å²) in [6.45, 7) is 0.667. The highest BCUT2D eigenvalue weighted by atomic mass is 35.5. The van der Waals surface area contributed by atoms with Crippen LogP contribution in [0.2, 0.25) is 0 Å². The van der Waals surface area contributed by atoms with Crippen LogP contribution in [0.25, 0.3) is 0 Å². The van der Waals surface area contributed by atoms with E-state index in [-0.39, 0.29) is 64.0 Å². The monoisotopic (exact) mass is 628 g/mol. The van der Waals surface area contributed by atoms with Crippen molar-refractivity contribution >= 4 is 48.4 Å². The van der Waals surface area contributed by atoms with E-state index in [1.165, 1.54) is 36.4 Å². The zero-order valence-electron chi connectivity index (χ0n) is 22.1. The van der Waals surface area contributed by atoms with Crippen LogP contribution >= 0.6 is 24.8 Å². The van der Waals surface area contributed by atoms with Gasteiger partial charge in [0.15, 0.2) is 0 Å². The molecule has 0 saturated carbocycles. The Kier molecular flexibility index (Phi) is 11.8. The lowest BCUT2D eigenvalue weighted by molar-refractivity contribution is 0.0547. The molecule has 2 aromatic carbocycles. The number of nitrogens with zero attached hydrogens (tertiary/aromatic N) is 4. The molecule has 2 aliphatic rings. The van der Waals surface area contributed by atoms with Gasteiger partial charge in [0.25, 0.3) is 23.6 Å². The van der Waals surface area contributed by atoms with Crippen LogP contribution in [0.1, 0.15) is 52.6 Å². The minimum absolute atomic E-state index is 0. The van der Waals surface area contributed by atoms with Gasteiger partial charge in [0.1, 0.15) is 11.5 Å². The van der Waals surface area contributed by atoms with Crippen LogP contribution in [0.3, 0.4) is 0 Å². The summed E-state index contributed by atoms with van der Waals surface area (Å²) < 4.78 is 0. The maximum atomic E-state index is 12.1. The molecule has 13 nitrogen and oxygen atoms in total. The van der Waals surface area contributed by atoms with Gasteiger partial charge in [-0.15, -0.1) is 24.8 Å². The highest BCUT2D eigenvalue weighted by Gasteiger charge is 2.36. The number of hydrazine groups is 2. The van der Waals surface area contributed by atoms with Gasteiger partial charge in [-0.25, -0.2) is 20.9 Å². The summed E-state index contributed by atoms with van der Waals surface area (Å²) in [5.41, 5.74) is 8.37. The average Bonchev–Trinajstić information content (AvgIpc) is 3.35. The fourth-order valence-corrected chi connectivity index (χ4v) is 4.09. The SMILES string of the molecule is Cl.Cl.O.O=C1c2ccc(O)cc2C(=O)N1NCc1ccncc1.O=C1c2ccc(O)cc2C(=O)N1NCc1ccncc1. The van der Waals surface area contributed by atoms with E-state index in [0.29, 0.717) is 13.1 Å². The van der Waals surface area contributed by atoms with Crippen molar-refractivity contribution in [2.75, 3.05) is 0 Å². The Hall–Kier alpha value is -4.92. The third kappa shape index (κ3) is 7.30. The summed E-state index contributed by atoms with van der Waals surface area (Å²) >= 11 is 0. The van der Waals surface area contributed by atoms with Crippen molar-refractivity contribution in [3.05, 3.63) is 119 Å². The molecule has 0 fully saturated rings. The molecule has 0 aliphatic carbocycles. The second kappa shape index (κ2) is 14.8. The Labute approximate surface area is 257 Å². The number of phenolic OH excluding ortho intramolecular Hbond substituents is 2. The number of carbonyl (C=O) groups is 4. The average molecular weight is 629 g/mol. The van der Waals surface area contributed by atoms with E-state index >= 15 is 0 Å². The topological polar surface area (TPSA) is 197 Å². The summed E-state index contributed by atoms with van der Waals surface area (Å²) in [6, 6.07) is 15.4. The van der Waals surface area contributed by atoms with Gasteiger partial charge in [-0.05, 0) is 71.8 Å². The number of benzene rings is 2. The van der Waals surface area contributed by atoms with Crippen LogP contribution in [-0.2, 0) is 13.1 Å². The van der Waals surface area contributed by atoms with Crippen LogP contribution in [0, 0.1) is 0 Å². The van der Waals surface area contributed by atoms with E-state index in [2.05, 4.69) is 20.8 Å². The number of imide groups is 2. The lowest BCUT2D eigenvalue weighted by Gasteiger charge is -2.14. The standard InChI is InChI=1S/2C14H11N3O3.2ClH.H2O/c2*18-10-1-2-11-12(7-10)14(20)17(13(11)19)16-8-9-3-5-15-6-4-9;;;/h2*1-7,16,18H,8H2;2*1H;1H2. The number of rotatable bonds is 6. The number of hydrogen-bond acceptors (Lipinski definition) is 10. The van der Waals surface area contributed by atoms with E-state index in [4.69, 9.17) is 0 Å². The molecule has 0 atom stereocenters. The number of halogens is 2. The van der Waals surface area contributed by atoms with Crippen molar-refractivity contribution in [3.63, 3.8) is 0 Å². The van der Waals surface area contributed by atoms with Crippen molar-refractivity contribution in [1.82, 2.24) is 30.8 Å². The lowest BCUT2D eigenvalue weighted by atomic mass is 10.1. The fourth-order valence-electron chi connectivity index (χ4n) is 4.09. The predicted molar refractivity (Wildman–Crippen MR) is 157 cm³/mol. The number of pyridine rings is 2. The van der Waals surface area contributed by atoms with E-state index in [9.17, 15) is 29.4 Å². The van der Waals surface area contributed by atoms with Gasteiger partial charge in [0, 0.05) is 37.9 Å². The maximum Gasteiger partial charge on any atom is 0.276 e. The highest BCUT2D eigenvalue weighted by molar-refractivity contribution is 6.21. The molecule has 0 saturated heterocycles. The molecule has 0 unspecified atom stereocenters. The molecule has 0 radical (unpaired) electrons. The van der Waals surface area contributed by atoms with Crippen molar-refractivity contribution in [3.8, 4) is 11.5 Å². The minimum Gasteiger partial charge on any atom is -0.508 e. The number of nitrogens with one attached hydrogen (secondary N) is 2. The summed E-state index contributed by atoms with van der Waals surface area (Å²) in [5, 5.41) is 20.7. The fraction of sp³-hybridized carbons (Fsp3) is 0.0714. The Bertz CT molecular complexity index is 1510. The second-order valence-corrected chi connectivity index (χ2v) is 8.73. The first-order valence-corrected chi connectivity index (χ1v) is 12.0. The van der Waals surface area contributed by atoms with Crippen LogP contribution in [0.15, 0.2) is 85.5 Å². The second-order valence-electron chi connectivity index (χ2n) is 8.73. The quantitative estimate of drug-likeness (QED) is 0.230. The van der Waals surface area contributed by atoms with Gasteiger partial charge in [-0.2, -0.15) is 0 Å². The lowest BCUT2D eigenvalue weighted by Crippen LogP contribution is -2.41. The normalized spacial score (nSPS) is 12.7. The summed E-state index contributed by atoms with van der Waals surface area (Å²) in [7, 11) is 0. The van der Waals surface area contributed by atoms with Crippen molar-refractivity contribution in [2.45, 2.75) is 13.1 Å². The first-order valence-electron chi connectivity index (χ1n) is 12.0. The zero-order valence-corrected chi connectivity index (χ0v) is 23.8. The number of carbonyl (C=O) groups excluding carboxylic acids is 4. The smallest absolute Gasteiger partial charge is 0.276 e. The molecular formula is C28H26Cl2N6O7. The minimum atomic E-state index is -0.463. The molecule has 2 aromatic heterocycles.